The molecule has 2 aromatic rings. The molecule has 2 rings (SSSR count). The molecule has 3 N–H and O–H groups in total. The summed E-state index contributed by atoms with van der Waals surface area (Å²) in [6.07, 6.45) is 0. The minimum absolute atomic E-state index is 0.0417. The number of hydrogen-bond acceptors (Lipinski definition) is 2. The Hall–Kier alpha value is -1.45. The molecule has 0 saturated heterocycles. The van der Waals surface area contributed by atoms with Crippen molar-refractivity contribution >= 4 is 29.2 Å². The highest BCUT2D eigenvalue weighted by molar-refractivity contribution is 7.98. The second-order valence-electron chi connectivity index (χ2n) is 4.27. The van der Waals surface area contributed by atoms with Crippen molar-refractivity contribution in [1.82, 2.24) is 0 Å². The van der Waals surface area contributed by atoms with E-state index in [1.165, 1.54) is 10.5 Å². The number of thioether (sulfide) groups is 1. The van der Waals surface area contributed by atoms with E-state index in [1.807, 2.05) is 24.3 Å². The van der Waals surface area contributed by atoms with Crippen LogP contribution in [-0.4, -0.2) is 5.84 Å². The Balaban J connectivity index is 2.12. The Morgan fingerprint density at radius 1 is 1.26 bits per heavy atom. The van der Waals surface area contributed by atoms with Gasteiger partial charge in [-0.3, -0.25) is 5.41 Å². The number of nitrogens with one attached hydrogen (secondary N) is 1. The Kier molecular flexibility index (Phi) is 4.51. The first-order valence-electron chi connectivity index (χ1n) is 5.89. The summed E-state index contributed by atoms with van der Waals surface area (Å²) in [7, 11) is 0. The number of amidine groups is 1. The molecule has 0 fully saturated rings. The number of halogens is 1. The predicted octanol–water partition coefficient (Wildman–Crippen LogP) is 4.22. The first-order valence-corrected chi connectivity index (χ1v) is 7.25. The van der Waals surface area contributed by atoms with Crippen LogP contribution in [0.25, 0.3) is 0 Å². The first kappa shape index (κ1) is 14.0. The summed E-state index contributed by atoms with van der Waals surface area (Å²) in [6, 6.07) is 13.8. The summed E-state index contributed by atoms with van der Waals surface area (Å²) >= 11 is 7.97. The van der Waals surface area contributed by atoms with Crippen LogP contribution in [-0.2, 0) is 5.75 Å². The van der Waals surface area contributed by atoms with E-state index in [9.17, 15) is 0 Å². The van der Waals surface area contributed by atoms with Crippen LogP contribution in [0.3, 0.4) is 0 Å². The summed E-state index contributed by atoms with van der Waals surface area (Å²) in [5, 5.41) is 8.04. The van der Waals surface area contributed by atoms with Crippen LogP contribution in [0.2, 0.25) is 5.02 Å². The Labute approximate surface area is 122 Å². The van der Waals surface area contributed by atoms with Gasteiger partial charge in [-0.25, -0.2) is 0 Å². The van der Waals surface area contributed by atoms with Crippen molar-refractivity contribution in [3.63, 3.8) is 0 Å². The molecule has 0 spiro atoms. The van der Waals surface area contributed by atoms with Gasteiger partial charge in [-0.2, -0.15) is 0 Å². The highest BCUT2D eigenvalue weighted by Gasteiger charge is 2.05. The lowest BCUT2D eigenvalue weighted by molar-refractivity contribution is 1.29. The van der Waals surface area contributed by atoms with E-state index >= 15 is 0 Å². The number of hydrogen-bond donors (Lipinski definition) is 2. The number of nitrogens with two attached hydrogens (primary N) is 1. The van der Waals surface area contributed by atoms with Crippen molar-refractivity contribution in [2.45, 2.75) is 17.6 Å². The van der Waals surface area contributed by atoms with Crippen molar-refractivity contribution in [3.05, 3.63) is 64.2 Å². The molecule has 2 aromatic carbocycles. The summed E-state index contributed by atoms with van der Waals surface area (Å²) < 4.78 is 0. The van der Waals surface area contributed by atoms with Gasteiger partial charge in [-0.05, 0) is 30.2 Å². The van der Waals surface area contributed by atoms with Gasteiger partial charge in [-0.1, -0.05) is 41.9 Å². The molecule has 0 unspecified atom stereocenters. The average molecular weight is 291 g/mol. The van der Waals surface area contributed by atoms with E-state index in [-0.39, 0.29) is 5.84 Å². The number of benzene rings is 2. The molecule has 0 amide bonds. The maximum Gasteiger partial charge on any atom is 0.122 e. The van der Waals surface area contributed by atoms with Gasteiger partial charge in [-0.15, -0.1) is 11.8 Å². The molecule has 0 radical (unpaired) electrons. The van der Waals surface area contributed by atoms with Crippen molar-refractivity contribution in [2.75, 3.05) is 0 Å². The Morgan fingerprint density at radius 3 is 2.63 bits per heavy atom. The minimum Gasteiger partial charge on any atom is -0.384 e. The topological polar surface area (TPSA) is 49.9 Å². The molecule has 0 aliphatic carbocycles. The van der Waals surface area contributed by atoms with E-state index in [4.69, 9.17) is 22.7 Å². The smallest absolute Gasteiger partial charge is 0.122 e. The third kappa shape index (κ3) is 3.52. The quantitative estimate of drug-likeness (QED) is 0.503. The van der Waals surface area contributed by atoms with Crippen LogP contribution in [0.1, 0.15) is 16.7 Å². The third-order valence-electron chi connectivity index (χ3n) is 2.84. The fraction of sp³-hybridized carbons (Fsp3) is 0.133. The summed E-state index contributed by atoms with van der Waals surface area (Å²) in [6.45, 7) is 2.10. The van der Waals surface area contributed by atoms with Crippen LogP contribution in [0.5, 0.6) is 0 Å². The lowest BCUT2D eigenvalue weighted by Gasteiger charge is -2.08. The van der Waals surface area contributed by atoms with Crippen LogP contribution in [0, 0.1) is 12.3 Å². The highest BCUT2D eigenvalue weighted by atomic mass is 35.5. The monoisotopic (exact) mass is 290 g/mol. The fourth-order valence-corrected chi connectivity index (χ4v) is 3.07. The van der Waals surface area contributed by atoms with E-state index in [1.54, 1.807) is 17.8 Å². The maximum atomic E-state index is 7.38. The number of rotatable bonds is 4. The molecule has 2 nitrogen and oxygen atoms in total. The highest BCUT2D eigenvalue weighted by Crippen LogP contribution is 2.29. The first-order chi connectivity index (χ1) is 9.08. The summed E-state index contributed by atoms with van der Waals surface area (Å²) in [4.78, 5) is 1.26. The third-order valence-corrected chi connectivity index (χ3v) is 4.42. The molecule has 4 heteroatoms. The van der Waals surface area contributed by atoms with Gasteiger partial charge in [0.1, 0.15) is 5.84 Å². The maximum absolute atomic E-state index is 7.38. The molecule has 0 aliphatic heterocycles. The summed E-state index contributed by atoms with van der Waals surface area (Å²) in [5.74, 6) is 0.849. The fourth-order valence-electron chi connectivity index (χ4n) is 1.71. The SMILES string of the molecule is Cc1ccccc1SCc1ccc(C(=N)N)cc1Cl. The molecule has 0 heterocycles. The zero-order chi connectivity index (χ0) is 13.8. The van der Waals surface area contributed by atoms with Crippen LogP contribution in [0.15, 0.2) is 47.4 Å². The normalized spacial score (nSPS) is 10.4. The lowest BCUT2D eigenvalue weighted by Crippen LogP contribution is -2.10. The van der Waals surface area contributed by atoms with Gasteiger partial charge in [0.05, 0.1) is 0 Å². The van der Waals surface area contributed by atoms with Crippen molar-refractivity contribution in [1.29, 1.82) is 5.41 Å². The molecule has 0 aliphatic rings. The molecule has 19 heavy (non-hydrogen) atoms. The average Bonchev–Trinajstić information content (AvgIpc) is 2.39. The standard InChI is InChI=1S/C15H15ClN2S/c1-10-4-2-3-5-14(10)19-9-12-7-6-11(15(17)18)8-13(12)16/h2-8H,9H2,1H3,(H3,17,18). The van der Waals surface area contributed by atoms with E-state index in [0.29, 0.717) is 10.6 Å². The van der Waals surface area contributed by atoms with E-state index < -0.39 is 0 Å². The minimum atomic E-state index is 0.0417. The Bertz CT molecular complexity index is 611. The molecular weight excluding hydrogens is 276 g/mol. The molecule has 0 atom stereocenters. The molecule has 0 bridgehead atoms. The molecule has 0 saturated carbocycles. The largest absolute Gasteiger partial charge is 0.384 e. The van der Waals surface area contributed by atoms with Crippen molar-refractivity contribution < 1.29 is 0 Å². The summed E-state index contributed by atoms with van der Waals surface area (Å²) in [5.41, 5.74) is 8.42. The van der Waals surface area contributed by atoms with Crippen molar-refractivity contribution in [2.24, 2.45) is 5.73 Å². The van der Waals surface area contributed by atoms with E-state index in [2.05, 4.69) is 19.1 Å². The lowest BCUT2D eigenvalue weighted by atomic mass is 10.1. The Morgan fingerprint density at radius 2 is 2.00 bits per heavy atom. The van der Waals surface area contributed by atoms with Crippen LogP contribution < -0.4 is 5.73 Å². The van der Waals surface area contributed by atoms with Gasteiger partial charge >= 0.3 is 0 Å². The zero-order valence-corrected chi connectivity index (χ0v) is 12.2. The second-order valence-corrected chi connectivity index (χ2v) is 5.70. The second kappa shape index (κ2) is 6.13. The predicted molar refractivity (Wildman–Crippen MR) is 83.2 cm³/mol. The van der Waals surface area contributed by atoms with Crippen LogP contribution >= 0.6 is 23.4 Å². The zero-order valence-electron chi connectivity index (χ0n) is 10.6. The van der Waals surface area contributed by atoms with Gasteiger partial charge in [0, 0.05) is 21.2 Å². The van der Waals surface area contributed by atoms with Gasteiger partial charge in [0.25, 0.3) is 0 Å². The molecule has 0 aromatic heterocycles. The van der Waals surface area contributed by atoms with Gasteiger partial charge < -0.3 is 5.73 Å². The van der Waals surface area contributed by atoms with Gasteiger partial charge in [0.2, 0.25) is 0 Å². The van der Waals surface area contributed by atoms with Crippen molar-refractivity contribution in [3.8, 4) is 0 Å². The van der Waals surface area contributed by atoms with Crippen LogP contribution in [0.4, 0.5) is 0 Å². The van der Waals surface area contributed by atoms with Gasteiger partial charge in [0.15, 0.2) is 0 Å². The number of nitrogen functional groups attached to an aromatic ring is 1. The van der Waals surface area contributed by atoms with E-state index in [0.717, 1.165) is 11.3 Å². The number of aryl methyl sites for hydroxylation is 1. The molecule has 98 valence electrons. The molecular formula is C15H15ClN2S.